The van der Waals surface area contributed by atoms with Crippen LogP contribution in [-0.4, -0.2) is 28.9 Å². The molecule has 1 aliphatic rings. The predicted molar refractivity (Wildman–Crippen MR) is 82.3 cm³/mol. The smallest absolute Gasteiger partial charge is 0.191 e. The summed E-state index contributed by atoms with van der Waals surface area (Å²) in [6.45, 7) is 2.77. The van der Waals surface area contributed by atoms with Gasteiger partial charge < -0.3 is 19.1 Å². The molecule has 1 aromatic heterocycles. The number of fused-ring (bicyclic) bond motifs is 1. The van der Waals surface area contributed by atoms with Crippen molar-refractivity contribution in [3.63, 3.8) is 0 Å². The van der Waals surface area contributed by atoms with Gasteiger partial charge in [0.15, 0.2) is 5.79 Å². The first-order chi connectivity index (χ1) is 10.5. The standard InChI is InChI=1S/C17H22N2O3/c1-16(21-2,22-3)13-5-7-14(8-6-13)17(20)9-4-10-19-12-18-11-15(17)19/h5-8,11-12,20H,4,9-10H2,1-3H3. The van der Waals surface area contributed by atoms with Crippen molar-refractivity contribution in [2.45, 2.75) is 37.7 Å². The van der Waals surface area contributed by atoms with Crippen LogP contribution in [0.25, 0.3) is 0 Å². The third kappa shape index (κ3) is 2.26. The summed E-state index contributed by atoms with van der Waals surface area (Å²) >= 11 is 0. The van der Waals surface area contributed by atoms with E-state index in [1.807, 2.05) is 35.8 Å². The molecule has 2 aromatic rings. The minimum Gasteiger partial charge on any atom is -0.379 e. The van der Waals surface area contributed by atoms with Crippen LogP contribution >= 0.6 is 0 Å². The number of aliphatic hydroxyl groups is 1. The third-order valence-electron chi connectivity index (χ3n) is 4.74. The van der Waals surface area contributed by atoms with Crippen LogP contribution in [0, 0.1) is 0 Å². The first kappa shape index (κ1) is 15.2. The van der Waals surface area contributed by atoms with Crippen LogP contribution in [0.2, 0.25) is 0 Å². The number of rotatable bonds is 4. The lowest BCUT2D eigenvalue weighted by Crippen LogP contribution is -2.34. The highest BCUT2D eigenvalue weighted by Crippen LogP contribution is 2.38. The van der Waals surface area contributed by atoms with Crippen molar-refractivity contribution in [3.8, 4) is 0 Å². The van der Waals surface area contributed by atoms with Gasteiger partial charge in [-0.05, 0) is 25.3 Å². The van der Waals surface area contributed by atoms with E-state index in [0.717, 1.165) is 29.8 Å². The van der Waals surface area contributed by atoms with Gasteiger partial charge in [-0.2, -0.15) is 0 Å². The number of ether oxygens (including phenoxy) is 2. The van der Waals surface area contributed by atoms with Crippen molar-refractivity contribution < 1.29 is 14.6 Å². The van der Waals surface area contributed by atoms with Crippen LogP contribution in [-0.2, 0) is 27.4 Å². The number of aromatic nitrogens is 2. The Balaban J connectivity index is 1.98. The zero-order valence-electron chi connectivity index (χ0n) is 13.2. The topological polar surface area (TPSA) is 56.5 Å². The second-order valence-corrected chi connectivity index (χ2v) is 5.87. The summed E-state index contributed by atoms with van der Waals surface area (Å²) in [4.78, 5) is 4.17. The first-order valence-electron chi connectivity index (χ1n) is 7.48. The molecule has 3 rings (SSSR count). The van der Waals surface area contributed by atoms with E-state index in [1.54, 1.807) is 26.7 Å². The monoisotopic (exact) mass is 302 g/mol. The molecule has 0 radical (unpaired) electrons. The zero-order valence-corrected chi connectivity index (χ0v) is 13.2. The Hall–Kier alpha value is -1.69. The molecule has 0 spiro atoms. The van der Waals surface area contributed by atoms with E-state index in [4.69, 9.17) is 9.47 Å². The van der Waals surface area contributed by atoms with E-state index in [2.05, 4.69) is 4.98 Å². The van der Waals surface area contributed by atoms with Crippen LogP contribution < -0.4 is 0 Å². The minimum atomic E-state index is -0.982. The second-order valence-electron chi connectivity index (χ2n) is 5.87. The van der Waals surface area contributed by atoms with Gasteiger partial charge in [-0.25, -0.2) is 4.98 Å². The van der Waals surface area contributed by atoms with Gasteiger partial charge in [0.1, 0.15) is 5.60 Å². The van der Waals surface area contributed by atoms with E-state index in [9.17, 15) is 5.11 Å². The molecule has 1 aliphatic heterocycles. The molecule has 5 nitrogen and oxygen atoms in total. The molecule has 0 saturated heterocycles. The van der Waals surface area contributed by atoms with Crippen molar-refractivity contribution in [2.24, 2.45) is 0 Å². The summed E-state index contributed by atoms with van der Waals surface area (Å²) in [6, 6.07) is 7.76. The SMILES string of the molecule is COC(C)(OC)c1ccc(C2(O)CCCn3cncc32)cc1. The summed E-state index contributed by atoms with van der Waals surface area (Å²) in [5.41, 5.74) is 1.65. The highest BCUT2D eigenvalue weighted by Gasteiger charge is 2.37. The summed E-state index contributed by atoms with van der Waals surface area (Å²) in [7, 11) is 3.23. The summed E-state index contributed by atoms with van der Waals surface area (Å²) in [6.07, 6.45) is 5.15. The molecule has 1 atom stereocenters. The molecule has 0 aliphatic carbocycles. The van der Waals surface area contributed by atoms with E-state index in [-0.39, 0.29) is 0 Å². The summed E-state index contributed by atoms with van der Waals surface area (Å²) in [5.74, 6) is -0.782. The molecule has 22 heavy (non-hydrogen) atoms. The molecule has 1 aromatic carbocycles. The van der Waals surface area contributed by atoms with Gasteiger partial charge in [0.25, 0.3) is 0 Å². The second kappa shape index (κ2) is 5.50. The number of hydrogen-bond donors (Lipinski definition) is 1. The van der Waals surface area contributed by atoms with Crippen molar-refractivity contribution in [3.05, 3.63) is 53.6 Å². The number of methoxy groups -OCH3 is 2. The quantitative estimate of drug-likeness (QED) is 0.881. The summed E-state index contributed by atoms with van der Waals surface area (Å²) in [5, 5.41) is 11.2. The van der Waals surface area contributed by atoms with Crippen LogP contribution in [0.4, 0.5) is 0 Å². The Morgan fingerprint density at radius 3 is 2.55 bits per heavy atom. The average molecular weight is 302 g/mol. The Morgan fingerprint density at radius 1 is 1.23 bits per heavy atom. The molecule has 1 N–H and O–H groups in total. The van der Waals surface area contributed by atoms with Gasteiger partial charge in [-0.1, -0.05) is 24.3 Å². The lowest BCUT2D eigenvalue weighted by molar-refractivity contribution is -0.201. The molecule has 118 valence electrons. The van der Waals surface area contributed by atoms with Crippen LogP contribution in [0.3, 0.4) is 0 Å². The van der Waals surface area contributed by atoms with E-state index in [0.29, 0.717) is 6.42 Å². The van der Waals surface area contributed by atoms with Crippen LogP contribution in [0.1, 0.15) is 36.6 Å². The Morgan fingerprint density at radius 2 is 1.91 bits per heavy atom. The molecular weight excluding hydrogens is 280 g/mol. The highest BCUT2D eigenvalue weighted by atomic mass is 16.7. The van der Waals surface area contributed by atoms with E-state index in [1.165, 1.54) is 0 Å². The first-order valence-corrected chi connectivity index (χ1v) is 7.48. The van der Waals surface area contributed by atoms with Crippen molar-refractivity contribution in [2.75, 3.05) is 14.2 Å². The zero-order chi connectivity index (χ0) is 15.8. The van der Waals surface area contributed by atoms with E-state index < -0.39 is 11.4 Å². The number of benzene rings is 1. The van der Waals surface area contributed by atoms with Crippen LogP contribution in [0.15, 0.2) is 36.8 Å². The number of hydrogen-bond acceptors (Lipinski definition) is 4. The predicted octanol–water partition coefficient (Wildman–Crippen LogP) is 2.38. The number of aryl methyl sites for hydroxylation is 1. The molecule has 1 unspecified atom stereocenters. The Bertz CT molecular complexity index is 646. The lowest BCUT2D eigenvalue weighted by Gasteiger charge is -2.34. The maximum absolute atomic E-state index is 11.2. The summed E-state index contributed by atoms with van der Waals surface area (Å²) < 4.78 is 12.9. The average Bonchev–Trinajstić information content (AvgIpc) is 3.04. The maximum atomic E-state index is 11.2. The Kier molecular flexibility index (Phi) is 3.80. The lowest BCUT2D eigenvalue weighted by atomic mass is 9.83. The van der Waals surface area contributed by atoms with Gasteiger partial charge in [0.05, 0.1) is 18.2 Å². The van der Waals surface area contributed by atoms with Gasteiger partial charge in [0.2, 0.25) is 0 Å². The third-order valence-corrected chi connectivity index (χ3v) is 4.74. The largest absolute Gasteiger partial charge is 0.379 e. The molecule has 0 saturated carbocycles. The highest BCUT2D eigenvalue weighted by molar-refractivity contribution is 5.36. The van der Waals surface area contributed by atoms with Crippen molar-refractivity contribution >= 4 is 0 Å². The van der Waals surface area contributed by atoms with E-state index >= 15 is 0 Å². The molecular formula is C17H22N2O3. The normalized spacial score (nSPS) is 21.6. The minimum absolute atomic E-state index is 0.698. The fraction of sp³-hybridized carbons (Fsp3) is 0.471. The van der Waals surface area contributed by atoms with Gasteiger partial charge in [-0.15, -0.1) is 0 Å². The fourth-order valence-electron chi connectivity index (χ4n) is 3.14. The number of imidazole rings is 1. The van der Waals surface area contributed by atoms with Gasteiger partial charge in [0, 0.05) is 26.3 Å². The molecule has 5 heteroatoms. The molecule has 0 amide bonds. The maximum Gasteiger partial charge on any atom is 0.191 e. The fourth-order valence-corrected chi connectivity index (χ4v) is 3.14. The van der Waals surface area contributed by atoms with Gasteiger partial charge in [-0.3, -0.25) is 0 Å². The number of nitrogens with zero attached hydrogens (tertiary/aromatic N) is 2. The van der Waals surface area contributed by atoms with Gasteiger partial charge >= 0.3 is 0 Å². The van der Waals surface area contributed by atoms with Crippen molar-refractivity contribution in [1.29, 1.82) is 0 Å². The Labute approximate surface area is 130 Å². The molecule has 0 bridgehead atoms. The molecule has 0 fully saturated rings. The van der Waals surface area contributed by atoms with Crippen molar-refractivity contribution in [1.82, 2.24) is 9.55 Å². The molecule has 2 heterocycles. The van der Waals surface area contributed by atoms with Crippen LogP contribution in [0.5, 0.6) is 0 Å².